The average Bonchev–Trinajstić information content (AvgIpc) is 2.64. The monoisotopic (exact) mass is 326 g/mol. The molecule has 0 bridgehead atoms. The van der Waals surface area contributed by atoms with Gasteiger partial charge >= 0.3 is 5.97 Å². The van der Waals surface area contributed by atoms with Crippen molar-refractivity contribution in [1.29, 1.82) is 5.26 Å². The Balaban J connectivity index is 2.19. The third-order valence-corrected chi connectivity index (χ3v) is 4.37. The molecule has 5 heteroatoms. The highest BCUT2D eigenvalue weighted by molar-refractivity contribution is 5.94. The fraction of sp³-hybridized carbons (Fsp3) is 0.421. The average molecular weight is 326 g/mol. The molecule has 1 aromatic rings. The number of esters is 1. The summed E-state index contributed by atoms with van der Waals surface area (Å²) in [7, 11) is 0. The molecule has 1 aliphatic rings. The number of carbonyl (C=O) groups excluding carboxylic acids is 2. The van der Waals surface area contributed by atoms with Crippen LogP contribution in [0.3, 0.4) is 0 Å². The van der Waals surface area contributed by atoms with Gasteiger partial charge in [0.1, 0.15) is 6.61 Å². The van der Waals surface area contributed by atoms with Crippen molar-refractivity contribution >= 4 is 11.9 Å². The van der Waals surface area contributed by atoms with E-state index in [1.165, 1.54) is 6.08 Å². The first-order chi connectivity index (χ1) is 11.6. The third-order valence-electron chi connectivity index (χ3n) is 4.37. The summed E-state index contributed by atoms with van der Waals surface area (Å²) in [5, 5.41) is 8.92. The lowest BCUT2D eigenvalue weighted by Gasteiger charge is -2.40. The Bertz CT molecular complexity index is 636. The number of nitrogens with zero attached hydrogens (tertiary/aromatic N) is 2. The molecule has 0 aromatic heterocycles. The Kier molecular flexibility index (Phi) is 6.14. The molecule has 1 unspecified atom stereocenters. The van der Waals surface area contributed by atoms with E-state index in [-0.39, 0.29) is 24.9 Å². The van der Waals surface area contributed by atoms with Crippen LogP contribution in [-0.2, 0) is 9.53 Å². The first-order valence-electron chi connectivity index (χ1n) is 8.12. The fourth-order valence-corrected chi connectivity index (χ4v) is 3.12. The standard InChI is InChI=1S/C19H22N2O3/c1-2-14-24-18(23)19(10-6-12-20)11-7-13-21(15-19)17(22)16-8-4-3-5-9-16/h2-5,8-9H,1,6-7,10-11,13-15H2. The van der Waals surface area contributed by atoms with Gasteiger partial charge in [0.2, 0.25) is 0 Å². The van der Waals surface area contributed by atoms with Gasteiger partial charge in [0.25, 0.3) is 5.91 Å². The summed E-state index contributed by atoms with van der Waals surface area (Å²) >= 11 is 0. The van der Waals surface area contributed by atoms with Crippen molar-refractivity contribution in [1.82, 2.24) is 4.90 Å². The van der Waals surface area contributed by atoms with Crippen LogP contribution in [0.1, 0.15) is 36.0 Å². The molecule has 1 aromatic carbocycles. The second-order valence-electron chi connectivity index (χ2n) is 6.02. The van der Waals surface area contributed by atoms with Crippen LogP contribution in [0.25, 0.3) is 0 Å². The zero-order valence-electron chi connectivity index (χ0n) is 13.7. The van der Waals surface area contributed by atoms with Gasteiger partial charge < -0.3 is 9.64 Å². The van der Waals surface area contributed by atoms with Crippen LogP contribution >= 0.6 is 0 Å². The summed E-state index contributed by atoms with van der Waals surface area (Å²) in [6, 6.07) is 11.1. The summed E-state index contributed by atoms with van der Waals surface area (Å²) in [5.41, 5.74) is -0.199. The molecule has 0 radical (unpaired) electrons. The smallest absolute Gasteiger partial charge is 0.314 e. The topological polar surface area (TPSA) is 70.4 Å². The van der Waals surface area contributed by atoms with Gasteiger partial charge in [-0.05, 0) is 31.4 Å². The molecule has 1 aliphatic heterocycles. The zero-order chi connectivity index (χ0) is 17.4. The van der Waals surface area contributed by atoms with Gasteiger partial charge in [0, 0.05) is 25.1 Å². The molecule has 1 amide bonds. The summed E-state index contributed by atoms with van der Waals surface area (Å²) in [6.07, 6.45) is 3.52. The van der Waals surface area contributed by atoms with Crippen LogP contribution in [0.2, 0.25) is 0 Å². The number of hydrogen-bond acceptors (Lipinski definition) is 4. The first kappa shape index (κ1) is 17.7. The second kappa shape index (κ2) is 8.30. The molecular weight excluding hydrogens is 304 g/mol. The Morgan fingerprint density at radius 3 is 2.79 bits per heavy atom. The molecule has 0 aliphatic carbocycles. The predicted octanol–water partition coefficient (Wildman–Crippen LogP) is 2.94. The van der Waals surface area contributed by atoms with Gasteiger partial charge in [0.15, 0.2) is 0 Å². The molecule has 5 nitrogen and oxygen atoms in total. The molecule has 24 heavy (non-hydrogen) atoms. The maximum Gasteiger partial charge on any atom is 0.314 e. The minimum absolute atomic E-state index is 0.0897. The number of carbonyl (C=O) groups is 2. The number of nitriles is 1. The third kappa shape index (κ3) is 4.02. The maximum atomic E-state index is 12.7. The number of ether oxygens (including phenoxy) is 1. The lowest BCUT2D eigenvalue weighted by Crippen LogP contribution is -2.50. The Hall–Kier alpha value is -2.61. The highest BCUT2D eigenvalue weighted by Gasteiger charge is 2.44. The van der Waals surface area contributed by atoms with Crippen LogP contribution < -0.4 is 0 Å². The molecule has 1 fully saturated rings. The van der Waals surface area contributed by atoms with Gasteiger partial charge in [-0.2, -0.15) is 5.26 Å². The van der Waals surface area contributed by atoms with E-state index in [0.717, 1.165) is 0 Å². The Morgan fingerprint density at radius 2 is 2.12 bits per heavy atom. The summed E-state index contributed by atoms with van der Waals surface area (Å²) in [5.74, 6) is -0.434. The quantitative estimate of drug-likeness (QED) is 0.595. The minimum atomic E-state index is -0.804. The van der Waals surface area contributed by atoms with Gasteiger partial charge in [-0.15, -0.1) is 0 Å². The minimum Gasteiger partial charge on any atom is -0.461 e. The zero-order valence-corrected chi connectivity index (χ0v) is 13.7. The van der Waals surface area contributed by atoms with Crippen LogP contribution in [0.4, 0.5) is 0 Å². The number of benzene rings is 1. The van der Waals surface area contributed by atoms with Crippen molar-refractivity contribution in [3.8, 4) is 6.07 Å². The molecule has 0 N–H and O–H groups in total. The molecule has 1 saturated heterocycles. The van der Waals surface area contributed by atoms with Gasteiger partial charge in [-0.25, -0.2) is 0 Å². The van der Waals surface area contributed by atoms with E-state index in [4.69, 9.17) is 10.00 Å². The first-order valence-corrected chi connectivity index (χ1v) is 8.12. The molecule has 126 valence electrons. The van der Waals surface area contributed by atoms with E-state index >= 15 is 0 Å². The van der Waals surface area contributed by atoms with Gasteiger partial charge in [0.05, 0.1) is 11.5 Å². The van der Waals surface area contributed by atoms with Crippen LogP contribution in [0, 0.1) is 16.7 Å². The van der Waals surface area contributed by atoms with E-state index < -0.39 is 5.41 Å². The normalized spacial score (nSPS) is 20.0. The summed E-state index contributed by atoms with van der Waals surface area (Å²) < 4.78 is 5.26. The number of likely N-dealkylation sites (tertiary alicyclic amines) is 1. The Morgan fingerprint density at radius 1 is 1.38 bits per heavy atom. The summed E-state index contributed by atoms with van der Waals surface area (Å²) in [4.78, 5) is 27.0. The molecule has 1 heterocycles. The van der Waals surface area contributed by atoms with E-state index in [1.807, 2.05) is 18.2 Å². The van der Waals surface area contributed by atoms with Crippen molar-refractivity contribution in [2.45, 2.75) is 25.7 Å². The van der Waals surface area contributed by atoms with E-state index in [9.17, 15) is 9.59 Å². The van der Waals surface area contributed by atoms with Crippen LogP contribution in [0.15, 0.2) is 43.0 Å². The molecular formula is C19H22N2O3. The summed E-state index contributed by atoms with van der Waals surface area (Å²) in [6.45, 7) is 4.59. The van der Waals surface area contributed by atoms with E-state index in [2.05, 4.69) is 12.6 Å². The van der Waals surface area contributed by atoms with E-state index in [1.54, 1.807) is 17.0 Å². The van der Waals surface area contributed by atoms with Crippen LogP contribution in [0.5, 0.6) is 0 Å². The van der Waals surface area contributed by atoms with Crippen LogP contribution in [-0.4, -0.2) is 36.5 Å². The van der Waals surface area contributed by atoms with E-state index in [0.29, 0.717) is 37.9 Å². The number of hydrogen-bond donors (Lipinski definition) is 0. The van der Waals surface area contributed by atoms with Crippen molar-refractivity contribution in [2.75, 3.05) is 19.7 Å². The highest BCUT2D eigenvalue weighted by atomic mass is 16.5. The fourth-order valence-electron chi connectivity index (χ4n) is 3.12. The molecule has 1 atom stereocenters. The lowest BCUT2D eigenvalue weighted by atomic mass is 9.76. The number of piperidine rings is 1. The highest BCUT2D eigenvalue weighted by Crippen LogP contribution is 2.36. The molecule has 2 rings (SSSR count). The van der Waals surface area contributed by atoms with Crippen molar-refractivity contribution in [3.63, 3.8) is 0 Å². The van der Waals surface area contributed by atoms with Gasteiger partial charge in [-0.3, -0.25) is 9.59 Å². The Labute approximate surface area is 142 Å². The lowest BCUT2D eigenvalue weighted by molar-refractivity contribution is -0.158. The van der Waals surface area contributed by atoms with Crippen molar-refractivity contribution < 1.29 is 14.3 Å². The second-order valence-corrected chi connectivity index (χ2v) is 6.02. The van der Waals surface area contributed by atoms with Crippen molar-refractivity contribution in [2.24, 2.45) is 5.41 Å². The SMILES string of the molecule is C=CCOC(=O)C1(CCC#N)CCCN(C(=O)c2ccccc2)C1. The largest absolute Gasteiger partial charge is 0.461 e. The van der Waals surface area contributed by atoms with Gasteiger partial charge in [-0.1, -0.05) is 30.9 Å². The number of amides is 1. The molecule has 0 spiro atoms. The predicted molar refractivity (Wildman–Crippen MR) is 90.0 cm³/mol. The maximum absolute atomic E-state index is 12.7. The number of rotatable bonds is 6. The molecule has 0 saturated carbocycles. The van der Waals surface area contributed by atoms with Crippen molar-refractivity contribution in [3.05, 3.63) is 48.6 Å².